The fourth-order valence-electron chi connectivity index (χ4n) is 1.82. The van der Waals surface area contributed by atoms with Gasteiger partial charge < -0.3 is 5.11 Å². The summed E-state index contributed by atoms with van der Waals surface area (Å²) < 4.78 is 0. The van der Waals surface area contributed by atoms with Gasteiger partial charge in [0.15, 0.2) is 5.12 Å². The largest absolute Gasteiger partial charge is 0.481 e. The number of rotatable bonds is 7. The quantitative estimate of drug-likeness (QED) is 0.823. The van der Waals surface area contributed by atoms with Crippen molar-refractivity contribution in [2.24, 2.45) is 5.92 Å². The maximum atomic E-state index is 11.9. The third kappa shape index (κ3) is 5.92. The Morgan fingerprint density at radius 3 is 2.32 bits per heavy atom. The van der Waals surface area contributed by atoms with Gasteiger partial charge in [-0.05, 0) is 17.9 Å². The summed E-state index contributed by atoms with van der Waals surface area (Å²) in [5.74, 6) is -0.489. The molecule has 0 amide bonds. The molecular formula is C15H20O3S. The molecule has 3 nitrogen and oxygen atoms in total. The molecule has 1 aromatic rings. The monoisotopic (exact) mass is 280 g/mol. The fraction of sp³-hybridized carbons (Fsp3) is 0.467. The molecule has 0 aliphatic carbocycles. The highest BCUT2D eigenvalue weighted by molar-refractivity contribution is 8.13. The van der Waals surface area contributed by atoms with Crippen molar-refractivity contribution in [2.75, 3.05) is 0 Å². The number of carboxylic acid groups (broad SMARTS) is 1. The van der Waals surface area contributed by atoms with Crippen LogP contribution in [0.4, 0.5) is 0 Å². The van der Waals surface area contributed by atoms with Crippen LogP contribution >= 0.6 is 11.8 Å². The molecule has 0 spiro atoms. The summed E-state index contributed by atoms with van der Waals surface area (Å²) >= 11 is 1.33. The van der Waals surface area contributed by atoms with Gasteiger partial charge in [-0.15, -0.1) is 0 Å². The Morgan fingerprint density at radius 2 is 1.79 bits per heavy atom. The number of carbonyl (C=O) groups excluding carboxylic acids is 1. The van der Waals surface area contributed by atoms with Crippen molar-refractivity contribution in [3.05, 3.63) is 35.9 Å². The second-order valence-electron chi connectivity index (χ2n) is 4.81. The average Bonchev–Trinajstić information content (AvgIpc) is 2.36. The minimum atomic E-state index is -0.846. The van der Waals surface area contributed by atoms with Crippen molar-refractivity contribution in [3.63, 3.8) is 0 Å². The number of hydrogen-bond acceptors (Lipinski definition) is 3. The zero-order valence-corrected chi connectivity index (χ0v) is 12.2. The first kappa shape index (κ1) is 15.8. The van der Waals surface area contributed by atoms with Gasteiger partial charge in [0, 0.05) is 18.1 Å². The van der Waals surface area contributed by atoms with Gasteiger partial charge in [0.25, 0.3) is 0 Å². The molecule has 0 bridgehead atoms. The van der Waals surface area contributed by atoms with Crippen LogP contribution in [0.3, 0.4) is 0 Å². The standard InChI is InChI=1S/C15H20O3S/c1-11(2)15(12-7-4-3-5-8-12)19-14(18)10-6-9-13(16)17/h3-5,7-8,11,15H,6,9-10H2,1-2H3,(H,16,17)/t15-/m1/s1. The van der Waals surface area contributed by atoms with Crippen LogP contribution in [0.5, 0.6) is 0 Å². The Hall–Kier alpha value is -1.29. The number of hydrogen-bond donors (Lipinski definition) is 1. The number of benzene rings is 1. The van der Waals surface area contributed by atoms with E-state index in [-0.39, 0.29) is 16.8 Å². The van der Waals surface area contributed by atoms with Crippen molar-refractivity contribution >= 4 is 22.8 Å². The highest BCUT2D eigenvalue weighted by Crippen LogP contribution is 2.36. The molecular weight excluding hydrogens is 260 g/mol. The molecule has 1 atom stereocenters. The summed E-state index contributed by atoms with van der Waals surface area (Å²) in [6.07, 6.45) is 0.803. The Balaban J connectivity index is 2.55. The third-order valence-corrected chi connectivity index (χ3v) is 4.30. The van der Waals surface area contributed by atoms with E-state index in [0.29, 0.717) is 18.8 Å². The molecule has 0 unspecified atom stereocenters. The van der Waals surface area contributed by atoms with Crippen LogP contribution in [-0.2, 0) is 9.59 Å². The second kappa shape index (κ2) is 8.00. The molecule has 104 valence electrons. The molecule has 1 N–H and O–H groups in total. The van der Waals surface area contributed by atoms with E-state index in [1.165, 1.54) is 11.8 Å². The van der Waals surface area contributed by atoms with Crippen molar-refractivity contribution in [1.29, 1.82) is 0 Å². The summed E-state index contributed by atoms with van der Waals surface area (Å²) in [6.45, 7) is 4.18. The minimum absolute atomic E-state index is 0.0595. The Morgan fingerprint density at radius 1 is 1.16 bits per heavy atom. The molecule has 0 saturated carbocycles. The van der Waals surface area contributed by atoms with Crippen molar-refractivity contribution in [2.45, 2.75) is 38.4 Å². The zero-order chi connectivity index (χ0) is 14.3. The van der Waals surface area contributed by atoms with Crippen LogP contribution in [0.2, 0.25) is 0 Å². The van der Waals surface area contributed by atoms with Crippen LogP contribution in [0, 0.1) is 5.92 Å². The maximum absolute atomic E-state index is 11.9. The molecule has 1 rings (SSSR count). The Bertz CT molecular complexity index is 415. The lowest BCUT2D eigenvalue weighted by atomic mass is 10.0. The number of thioether (sulfide) groups is 1. The maximum Gasteiger partial charge on any atom is 0.303 e. The van der Waals surface area contributed by atoms with E-state index in [2.05, 4.69) is 13.8 Å². The first-order valence-electron chi connectivity index (χ1n) is 6.47. The SMILES string of the molecule is CC(C)[C@@H](SC(=O)CCCC(=O)O)c1ccccc1. The van der Waals surface area contributed by atoms with Gasteiger partial charge in [-0.25, -0.2) is 0 Å². The predicted molar refractivity (Wildman–Crippen MR) is 78.1 cm³/mol. The molecule has 0 saturated heterocycles. The summed E-state index contributed by atoms with van der Waals surface area (Å²) in [5.41, 5.74) is 1.15. The van der Waals surface area contributed by atoms with E-state index in [1.807, 2.05) is 30.3 Å². The van der Waals surface area contributed by atoms with Gasteiger partial charge in [-0.2, -0.15) is 0 Å². The summed E-state index contributed by atoms with van der Waals surface area (Å²) in [7, 11) is 0. The van der Waals surface area contributed by atoms with Gasteiger partial charge in [-0.3, -0.25) is 9.59 Å². The lowest BCUT2D eigenvalue weighted by Gasteiger charge is -2.19. The highest BCUT2D eigenvalue weighted by atomic mass is 32.2. The van der Waals surface area contributed by atoms with E-state index in [9.17, 15) is 9.59 Å². The average molecular weight is 280 g/mol. The zero-order valence-electron chi connectivity index (χ0n) is 11.3. The van der Waals surface area contributed by atoms with Crippen LogP contribution in [0.25, 0.3) is 0 Å². The first-order chi connectivity index (χ1) is 9.00. The normalized spacial score (nSPS) is 12.4. The van der Waals surface area contributed by atoms with Crippen molar-refractivity contribution in [3.8, 4) is 0 Å². The lowest BCUT2D eigenvalue weighted by molar-refractivity contribution is -0.137. The van der Waals surface area contributed by atoms with Gasteiger partial charge in [0.1, 0.15) is 0 Å². The fourth-order valence-corrected chi connectivity index (χ4v) is 2.93. The highest BCUT2D eigenvalue weighted by Gasteiger charge is 2.20. The summed E-state index contributed by atoms with van der Waals surface area (Å²) in [6, 6.07) is 9.96. The topological polar surface area (TPSA) is 54.4 Å². The van der Waals surface area contributed by atoms with Gasteiger partial charge in [0.05, 0.1) is 0 Å². The Kier molecular flexibility index (Phi) is 6.64. The molecule has 0 aliphatic heterocycles. The van der Waals surface area contributed by atoms with Crippen LogP contribution in [0.15, 0.2) is 30.3 Å². The molecule has 0 aromatic heterocycles. The smallest absolute Gasteiger partial charge is 0.303 e. The molecule has 1 aromatic carbocycles. The van der Waals surface area contributed by atoms with Crippen LogP contribution in [0.1, 0.15) is 43.9 Å². The van der Waals surface area contributed by atoms with Crippen molar-refractivity contribution in [1.82, 2.24) is 0 Å². The van der Waals surface area contributed by atoms with Crippen LogP contribution in [-0.4, -0.2) is 16.2 Å². The summed E-state index contributed by atoms with van der Waals surface area (Å²) in [4.78, 5) is 22.3. The van der Waals surface area contributed by atoms with E-state index < -0.39 is 5.97 Å². The van der Waals surface area contributed by atoms with E-state index >= 15 is 0 Å². The molecule has 0 radical (unpaired) electrons. The number of carbonyl (C=O) groups is 2. The summed E-state index contributed by atoms with van der Waals surface area (Å²) in [5, 5.41) is 8.77. The van der Waals surface area contributed by atoms with E-state index in [4.69, 9.17) is 5.11 Å². The van der Waals surface area contributed by atoms with Gasteiger partial charge in [-0.1, -0.05) is 55.9 Å². The molecule has 19 heavy (non-hydrogen) atoms. The first-order valence-corrected chi connectivity index (χ1v) is 7.35. The minimum Gasteiger partial charge on any atom is -0.481 e. The van der Waals surface area contributed by atoms with E-state index in [1.54, 1.807) is 0 Å². The molecule has 4 heteroatoms. The molecule has 0 heterocycles. The van der Waals surface area contributed by atoms with Gasteiger partial charge >= 0.3 is 5.97 Å². The number of carboxylic acids is 1. The van der Waals surface area contributed by atoms with Crippen molar-refractivity contribution < 1.29 is 14.7 Å². The molecule has 0 aliphatic rings. The van der Waals surface area contributed by atoms with Crippen LogP contribution < -0.4 is 0 Å². The van der Waals surface area contributed by atoms with E-state index in [0.717, 1.165) is 5.56 Å². The molecule has 0 fully saturated rings. The Labute approximate surface area is 118 Å². The second-order valence-corrected chi connectivity index (χ2v) is 6.01. The lowest BCUT2D eigenvalue weighted by Crippen LogP contribution is -2.07. The van der Waals surface area contributed by atoms with Gasteiger partial charge in [0.2, 0.25) is 0 Å². The number of aliphatic carboxylic acids is 1. The predicted octanol–water partition coefficient (Wildman–Crippen LogP) is 3.90. The third-order valence-electron chi connectivity index (χ3n) is 2.76.